The van der Waals surface area contributed by atoms with Crippen LogP contribution in [0.2, 0.25) is 0 Å². The molecule has 0 aliphatic rings. The summed E-state index contributed by atoms with van der Waals surface area (Å²) in [5.41, 5.74) is 1.02. The van der Waals surface area contributed by atoms with Gasteiger partial charge in [-0.05, 0) is 44.2 Å². The largest absolute Gasteiger partial charge is 0.372 e. The van der Waals surface area contributed by atoms with Crippen LogP contribution >= 0.6 is 11.8 Å². The van der Waals surface area contributed by atoms with E-state index in [1.54, 1.807) is 24.3 Å². The summed E-state index contributed by atoms with van der Waals surface area (Å²) in [4.78, 5) is 0.191. The van der Waals surface area contributed by atoms with Gasteiger partial charge in [-0.3, -0.25) is 0 Å². The summed E-state index contributed by atoms with van der Waals surface area (Å²) in [6.45, 7) is 4.05. The van der Waals surface area contributed by atoms with E-state index >= 15 is 0 Å². The Morgan fingerprint density at radius 1 is 1.25 bits per heavy atom. The molecule has 3 nitrogen and oxygen atoms in total. The molecule has 0 spiro atoms. The molecule has 0 bridgehead atoms. The first kappa shape index (κ1) is 17.1. The third-order valence-electron chi connectivity index (χ3n) is 2.82. The lowest BCUT2D eigenvalue weighted by Crippen LogP contribution is -2.05. The lowest BCUT2D eigenvalue weighted by Gasteiger charge is -2.09. The molecule has 20 heavy (non-hydrogen) atoms. The zero-order chi connectivity index (χ0) is 15.0. The van der Waals surface area contributed by atoms with Crippen LogP contribution in [0.5, 0.6) is 0 Å². The zero-order valence-electron chi connectivity index (χ0n) is 12.3. The summed E-state index contributed by atoms with van der Waals surface area (Å²) in [5, 5.41) is 0.446. The fraction of sp³-hybridized carbons (Fsp3) is 0.467. The maximum absolute atomic E-state index is 12.1. The maximum atomic E-state index is 12.1. The highest BCUT2D eigenvalue weighted by Crippen LogP contribution is 2.23. The summed E-state index contributed by atoms with van der Waals surface area (Å²) < 4.78 is 29.4. The molecule has 1 rings (SSSR count). The molecule has 5 heteroatoms. The summed E-state index contributed by atoms with van der Waals surface area (Å²) in [7, 11) is -3.72. The smallest absolute Gasteiger partial charge is 0.339 e. The highest BCUT2D eigenvalue weighted by atomic mass is 32.2. The van der Waals surface area contributed by atoms with Gasteiger partial charge in [0.25, 0.3) is 0 Å². The van der Waals surface area contributed by atoms with E-state index in [0.29, 0.717) is 5.09 Å². The van der Waals surface area contributed by atoms with E-state index in [1.807, 2.05) is 19.3 Å². The molecule has 1 aromatic carbocycles. The second-order valence-corrected chi connectivity index (χ2v) is 6.93. The van der Waals surface area contributed by atoms with Crippen LogP contribution in [0, 0.1) is 6.92 Å². The summed E-state index contributed by atoms with van der Waals surface area (Å²) in [6, 6.07) is 6.67. The van der Waals surface area contributed by atoms with Gasteiger partial charge in [-0.2, -0.15) is 8.42 Å². The fourth-order valence-corrected chi connectivity index (χ4v) is 3.30. The zero-order valence-corrected chi connectivity index (χ0v) is 13.9. The Morgan fingerprint density at radius 2 is 1.90 bits per heavy atom. The van der Waals surface area contributed by atoms with Crippen LogP contribution in [0.15, 0.2) is 40.3 Å². The number of unbranched alkanes of at least 4 members (excludes halogenated alkanes) is 3. The first-order valence-corrected chi connectivity index (χ1v) is 9.38. The average Bonchev–Trinajstić information content (AvgIpc) is 2.42. The quantitative estimate of drug-likeness (QED) is 0.403. The number of allylic oxidation sites excluding steroid dienone is 1. The van der Waals surface area contributed by atoms with E-state index in [4.69, 9.17) is 4.18 Å². The topological polar surface area (TPSA) is 43.4 Å². The van der Waals surface area contributed by atoms with Crippen molar-refractivity contribution in [2.24, 2.45) is 0 Å². The van der Waals surface area contributed by atoms with Crippen molar-refractivity contribution in [1.29, 1.82) is 0 Å². The maximum Gasteiger partial charge on any atom is 0.339 e. The summed E-state index contributed by atoms with van der Waals surface area (Å²) in [5.74, 6) is 0. The van der Waals surface area contributed by atoms with E-state index in [9.17, 15) is 8.42 Å². The van der Waals surface area contributed by atoms with E-state index < -0.39 is 10.1 Å². The molecule has 0 atom stereocenters. The van der Waals surface area contributed by atoms with E-state index in [-0.39, 0.29) is 4.90 Å². The molecule has 0 aliphatic heterocycles. The number of benzene rings is 1. The molecule has 0 aliphatic carbocycles. The molecule has 0 saturated heterocycles. The van der Waals surface area contributed by atoms with Crippen molar-refractivity contribution in [3.05, 3.63) is 41.0 Å². The lowest BCUT2D eigenvalue weighted by atomic mass is 10.2. The fourth-order valence-electron chi connectivity index (χ4n) is 1.63. The predicted molar refractivity (Wildman–Crippen MR) is 85.2 cm³/mol. The van der Waals surface area contributed by atoms with Gasteiger partial charge in [-0.1, -0.05) is 49.2 Å². The molecule has 0 fully saturated rings. The van der Waals surface area contributed by atoms with Crippen molar-refractivity contribution in [3.63, 3.8) is 0 Å². The molecular formula is C15H22O3S2. The Labute approximate surface area is 126 Å². The van der Waals surface area contributed by atoms with Crippen LogP contribution in [0.4, 0.5) is 0 Å². The van der Waals surface area contributed by atoms with Gasteiger partial charge in [0.15, 0.2) is 5.09 Å². The van der Waals surface area contributed by atoms with Gasteiger partial charge in [0, 0.05) is 0 Å². The number of rotatable bonds is 8. The molecule has 0 radical (unpaired) electrons. The molecular weight excluding hydrogens is 292 g/mol. The molecule has 0 N–H and O–H groups in total. The first-order valence-electron chi connectivity index (χ1n) is 6.75. The van der Waals surface area contributed by atoms with Gasteiger partial charge in [0.05, 0.1) is 0 Å². The highest BCUT2D eigenvalue weighted by molar-refractivity contribution is 8.02. The van der Waals surface area contributed by atoms with Gasteiger partial charge >= 0.3 is 10.1 Å². The Balaban J connectivity index is 2.74. The Bertz CT molecular complexity index is 531. The number of hydrogen-bond acceptors (Lipinski definition) is 4. The SMILES string of the molecule is CCCCC/C=C(\OS(=O)(=O)c1ccc(C)cc1)SC. The number of aryl methyl sites for hydroxylation is 1. The Morgan fingerprint density at radius 3 is 2.45 bits per heavy atom. The van der Waals surface area contributed by atoms with E-state index in [0.717, 1.165) is 31.2 Å². The highest BCUT2D eigenvalue weighted by Gasteiger charge is 2.17. The van der Waals surface area contributed by atoms with Crippen molar-refractivity contribution in [1.82, 2.24) is 0 Å². The molecule has 0 unspecified atom stereocenters. The van der Waals surface area contributed by atoms with Crippen LogP contribution < -0.4 is 0 Å². The number of hydrogen-bond donors (Lipinski definition) is 0. The number of thioether (sulfide) groups is 1. The van der Waals surface area contributed by atoms with Crippen LogP contribution in [-0.2, 0) is 14.3 Å². The average molecular weight is 314 g/mol. The molecule has 0 saturated carbocycles. The molecule has 0 heterocycles. The van der Waals surface area contributed by atoms with Crippen molar-refractivity contribution in [3.8, 4) is 0 Å². The van der Waals surface area contributed by atoms with Gasteiger partial charge in [-0.15, -0.1) is 0 Å². The molecule has 0 aromatic heterocycles. The van der Waals surface area contributed by atoms with Crippen LogP contribution in [-0.4, -0.2) is 14.7 Å². The third-order valence-corrected chi connectivity index (χ3v) is 4.83. The molecule has 112 valence electrons. The third kappa shape index (κ3) is 5.59. The van der Waals surface area contributed by atoms with Crippen LogP contribution in [0.3, 0.4) is 0 Å². The lowest BCUT2D eigenvalue weighted by molar-refractivity contribution is 0.432. The van der Waals surface area contributed by atoms with Crippen LogP contribution in [0.25, 0.3) is 0 Å². The van der Waals surface area contributed by atoms with Crippen molar-refractivity contribution >= 4 is 21.9 Å². The van der Waals surface area contributed by atoms with Crippen molar-refractivity contribution in [2.75, 3.05) is 6.26 Å². The van der Waals surface area contributed by atoms with E-state index in [1.165, 1.54) is 11.8 Å². The van der Waals surface area contributed by atoms with Crippen molar-refractivity contribution in [2.45, 2.75) is 44.4 Å². The van der Waals surface area contributed by atoms with Crippen molar-refractivity contribution < 1.29 is 12.6 Å². The second-order valence-electron chi connectivity index (χ2n) is 4.57. The Hall–Kier alpha value is -0.940. The predicted octanol–water partition coefficient (Wildman–Crippen LogP) is 4.49. The minimum atomic E-state index is -3.72. The van der Waals surface area contributed by atoms with Gasteiger partial charge < -0.3 is 4.18 Å². The molecule has 1 aromatic rings. The minimum Gasteiger partial charge on any atom is -0.372 e. The van der Waals surface area contributed by atoms with Crippen LogP contribution in [0.1, 0.15) is 38.2 Å². The summed E-state index contributed by atoms with van der Waals surface area (Å²) in [6.07, 6.45) is 7.85. The van der Waals surface area contributed by atoms with E-state index in [2.05, 4.69) is 6.92 Å². The summed E-state index contributed by atoms with van der Waals surface area (Å²) >= 11 is 1.31. The normalized spacial score (nSPS) is 12.4. The first-order chi connectivity index (χ1) is 9.49. The van der Waals surface area contributed by atoms with Gasteiger partial charge in [0.2, 0.25) is 0 Å². The Kier molecular flexibility index (Phi) is 7.16. The standard InChI is InChI=1S/C15H22O3S2/c1-4-5-6-7-8-15(19-3)18-20(16,17)14-11-9-13(2)10-12-14/h8-12H,4-7H2,1-3H3/b15-8+. The van der Waals surface area contributed by atoms with Gasteiger partial charge in [-0.25, -0.2) is 0 Å². The minimum absolute atomic E-state index is 0.191. The monoisotopic (exact) mass is 314 g/mol. The van der Waals surface area contributed by atoms with Gasteiger partial charge in [0.1, 0.15) is 4.90 Å². The molecule has 0 amide bonds. The second kappa shape index (κ2) is 8.37.